The Hall–Kier alpha value is -3.17. The summed E-state index contributed by atoms with van der Waals surface area (Å²) in [7, 11) is -0.446. The fourth-order valence-electron chi connectivity index (χ4n) is 3.33. The fourth-order valence-corrected chi connectivity index (χ4v) is 5.80. The van der Waals surface area contributed by atoms with Gasteiger partial charge in [0.05, 0.1) is 6.07 Å². The third kappa shape index (κ3) is 8.03. The van der Waals surface area contributed by atoms with Crippen LogP contribution in [0.1, 0.15) is 24.0 Å². The first kappa shape index (κ1) is 24.5. The number of alkyl halides is 1. The number of rotatable bonds is 7. The molecule has 0 unspecified atom stereocenters. The van der Waals surface area contributed by atoms with E-state index in [1.54, 1.807) is 0 Å². The number of benzene rings is 4. The number of hydrogen-bond acceptors (Lipinski definition) is 1. The van der Waals surface area contributed by atoms with Gasteiger partial charge in [0, 0.05) is 12.3 Å². The largest absolute Gasteiger partial charge is 0.198 e. The predicted molar refractivity (Wildman–Crippen MR) is 145 cm³/mol. The highest BCUT2D eigenvalue weighted by atomic mass is 35.5. The first-order valence-electron chi connectivity index (χ1n) is 11.0. The molecule has 0 aliphatic carbocycles. The summed E-state index contributed by atoms with van der Waals surface area (Å²) in [5.74, 6) is 0.542. The molecule has 0 aromatic heterocycles. The maximum atomic E-state index is 8.34. The van der Waals surface area contributed by atoms with Gasteiger partial charge in [-0.25, -0.2) is 0 Å². The van der Waals surface area contributed by atoms with E-state index in [0.717, 1.165) is 17.5 Å². The van der Waals surface area contributed by atoms with Gasteiger partial charge in [-0.15, -0.1) is 11.6 Å². The van der Waals surface area contributed by atoms with E-state index in [2.05, 4.69) is 103 Å². The highest BCUT2D eigenvalue weighted by molar-refractivity contribution is 7.79. The van der Waals surface area contributed by atoms with E-state index in [9.17, 15) is 0 Å². The Balaban J connectivity index is 0.000000196. The molecule has 0 fully saturated rings. The Morgan fingerprint density at radius 3 is 1.67 bits per heavy atom. The average Bonchev–Trinajstić information content (AvgIpc) is 2.89. The summed E-state index contributed by atoms with van der Waals surface area (Å²) in [4.78, 5) is 0. The molecule has 0 amide bonds. The molecule has 0 saturated heterocycles. The molecule has 0 aliphatic rings. The molecule has 0 saturated carbocycles. The van der Waals surface area contributed by atoms with Crippen molar-refractivity contribution in [3.8, 4) is 6.07 Å². The Morgan fingerprint density at radius 2 is 1.21 bits per heavy atom. The second-order valence-electron chi connectivity index (χ2n) is 7.32. The molecule has 0 radical (unpaired) electrons. The van der Waals surface area contributed by atoms with Gasteiger partial charge in [-0.1, -0.05) is 127 Å². The zero-order valence-corrected chi connectivity index (χ0v) is 20.2. The molecule has 0 bridgehead atoms. The van der Waals surface area contributed by atoms with Crippen molar-refractivity contribution in [2.24, 2.45) is 0 Å². The van der Waals surface area contributed by atoms with Gasteiger partial charge in [0.1, 0.15) is 0 Å². The molecule has 0 spiro atoms. The van der Waals surface area contributed by atoms with Crippen molar-refractivity contribution >= 4 is 41.5 Å². The normalized spacial score (nSPS) is 10.5. The minimum Gasteiger partial charge on any atom is -0.198 e. The summed E-state index contributed by atoms with van der Waals surface area (Å²) in [5, 5.41) is 12.5. The van der Waals surface area contributed by atoms with Crippen LogP contribution in [-0.4, -0.2) is 0 Å². The van der Waals surface area contributed by atoms with Crippen molar-refractivity contribution in [3.05, 3.63) is 132 Å². The van der Waals surface area contributed by atoms with E-state index in [1.807, 2.05) is 30.4 Å². The van der Waals surface area contributed by atoms with Crippen molar-refractivity contribution in [2.75, 3.05) is 0 Å². The Kier molecular flexibility index (Phi) is 10.4. The molecule has 1 nitrogen and oxygen atoms in total. The zero-order chi connectivity index (χ0) is 23.1. The van der Waals surface area contributed by atoms with Crippen molar-refractivity contribution in [3.63, 3.8) is 0 Å². The Bertz CT molecular complexity index is 1060. The van der Waals surface area contributed by atoms with Gasteiger partial charge < -0.3 is 0 Å². The summed E-state index contributed by atoms with van der Waals surface area (Å²) < 4.78 is 0. The van der Waals surface area contributed by atoms with E-state index in [1.165, 1.54) is 15.9 Å². The second kappa shape index (κ2) is 14.1. The zero-order valence-electron chi connectivity index (χ0n) is 18.5. The SMILES string of the molecule is N#CCC/C=C/c1cccc(CCl)c1.c1ccc(P(c2ccccc2)c2ccccc2)cc1. The number of nitriles is 1. The summed E-state index contributed by atoms with van der Waals surface area (Å²) >= 11 is 5.72. The Labute approximate surface area is 203 Å². The molecule has 4 rings (SSSR count). The van der Waals surface area contributed by atoms with Gasteiger partial charge >= 0.3 is 0 Å². The molecular formula is C30H27ClNP. The summed E-state index contributed by atoms with van der Waals surface area (Å²) in [5.41, 5.74) is 2.26. The number of halogens is 1. The van der Waals surface area contributed by atoms with Crippen LogP contribution in [0.2, 0.25) is 0 Å². The molecule has 33 heavy (non-hydrogen) atoms. The lowest BCUT2D eigenvalue weighted by Gasteiger charge is -2.18. The van der Waals surface area contributed by atoms with Crippen LogP contribution in [0.3, 0.4) is 0 Å². The van der Waals surface area contributed by atoms with Crippen molar-refractivity contribution in [1.29, 1.82) is 5.26 Å². The standard InChI is InChI=1S/C18H15P.C12H12ClN/c1-4-10-16(11-5-1)19(17-12-6-2-7-13-17)18-14-8-3-9-15-18;13-10-12-7-4-6-11(9-12)5-2-1-3-8-14/h1-15H;2,4-7,9H,1,3,10H2/b;5-2+. The van der Waals surface area contributed by atoms with Crippen LogP contribution in [0.15, 0.2) is 121 Å². The predicted octanol–water partition coefficient (Wildman–Crippen LogP) is 7.19. The van der Waals surface area contributed by atoms with Gasteiger partial charge in [0.2, 0.25) is 0 Å². The first-order valence-corrected chi connectivity index (χ1v) is 12.8. The van der Waals surface area contributed by atoms with Gasteiger partial charge in [-0.3, -0.25) is 0 Å². The molecule has 4 aromatic carbocycles. The topological polar surface area (TPSA) is 23.8 Å². The van der Waals surface area contributed by atoms with Crippen LogP contribution in [0.25, 0.3) is 6.08 Å². The van der Waals surface area contributed by atoms with E-state index in [-0.39, 0.29) is 0 Å². The number of unbranched alkanes of at least 4 members (excludes halogenated alkanes) is 1. The van der Waals surface area contributed by atoms with Crippen LogP contribution in [-0.2, 0) is 5.88 Å². The minimum atomic E-state index is -0.446. The second-order valence-corrected chi connectivity index (χ2v) is 9.81. The molecule has 0 N–H and O–H groups in total. The highest BCUT2D eigenvalue weighted by Gasteiger charge is 2.14. The van der Waals surface area contributed by atoms with Crippen LogP contribution < -0.4 is 15.9 Å². The van der Waals surface area contributed by atoms with E-state index >= 15 is 0 Å². The van der Waals surface area contributed by atoms with Gasteiger partial charge in [-0.05, 0) is 41.4 Å². The third-order valence-corrected chi connectivity index (χ3v) is 7.63. The lowest BCUT2D eigenvalue weighted by Crippen LogP contribution is -2.20. The third-order valence-electron chi connectivity index (χ3n) is 4.88. The lowest BCUT2D eigenvalue weighted by molar-refractivity contribution is 1.07. The van der Waals surface area contributed by atoms with Gasteiger partial charge in [0.15, 0.2) is 0 Å². The summed E-state index contributed by atoms with van der Waals surface area (Å²) in [6.45, 7) is 0. The number of nitrogens with zero attached hydrogens (tertiary/aromatic N) is 1. The molecule has 4 aromatic rings. The molecule has 164 valence electrons. The Morgan fingerprint density at radius 1 is 0.697 bits per heavy atom. The maximum Gasteiger partial charge on any atom is 0.0625 e. The summed E-state index contributed by atoms with van der Waals surface area (Å²) in [6.07, 6.45) is 5.41. The van der Waals surface area contributed by atoms with Crippen molar-refractivity contribution in [2.45, 2.75) is 18.7 Å². The van der Waals surface area contributed by atoms with E-state index < -0.39 is 7.92 Å². The van der Waals surface area contributed by atoms with Crippen molar-refractivity contribution in [1.82, 2.24) is 0 Å². The number of allylic oxidation sites excluding steroid dienone is 1. The maximum absolute atomic E-state index is 8.34. The van der Waals surface area contributed by atoms with Crippen LogP contribution in [0.4, 0.5) is 0 Å². The molecular weight excluding hydrogens is 441 g/mol. The molecule has 3 heteroatoms. The van der Waals surface area contributed by atoms with Gasteiger partial charge in [0.25, 0.3) is 0 Å². The first-order chi connectivity index (χ1) is 16.3. The molecule has 0 aliphatic heterocycles. The summed E-state index contributed by atoms with van der Waals surface area (Å²) in [6, 6.07) is 42.5. The monoisotopic (exact) mass is 467 g/mol. The van der Waals surface area contributed by atoms with E-state index in [4.69, 9.17) is 16.9 Å². The van der Waals surface area contributed by atoms with Crippen LogP contribution >= 0.6 is 19.5 Å². The molecule has 0 atom stereocenters. The molecule has 0 heterocycles. The minimum absolute atomic E-state index is 0.446. The number of hydrogen-bond donors (Lipinski definition) is 0. The average molecular weight is 468 g/mol. The van der Waals surface area contributed by atoms with Gasteiger partial charge in [-0.2, -0.15) is 5.26 Å². The van der Waals surface area contributed by atoms with Crippen molar-refractivity contribution < 1.29 is 0 Å². The quantitative estimate of drug-likeness (QED) is 0.160. The van der Waals surface area contributed by atoms with Crippen LogP contribution in [0.5, 0.6) is 0 Å². The highest BCUT2D eigenvalue weighted by Crippen LogP contribution is 2.32. The van der Waals surface area contributed by atoms with Crippen LogP contribution in [0, 0.1) is 11.3 Å². The fraction of sp³-hybridized carbons (Fsp3) is 0.100. The smallest absolute Gasteiger partial charge is 0.0625 e. The van der Waals surface area contributed by atoms with E-state index in [0.29, 0.717) is 12.3 Å². The lowest BCUT2D eigenvalue weighted by atomic mass is 10.1.